The number of nitrogens with one attached hydrogen (secondary N) is 1. The van der Waals surface area contributed by atoms with Gasteiger partial charge in [0.25, 0.3) is 0 Å². The highest BCUT2D eigenvalue weighted by Crippen LogP contribution is 2.35. The van der Waals surface area contributed by atoms with Crippen LogP contribution in [0.1, 0.15) is 43.4 Å². The molecule has 8 nitrogen and oxygen atoms in total. The smallest absolute Gasteiger partial charge is 0.407 e. The Hall–Kier alpha value is -2.10. The maximum atomic E-state index is 11.8. The molecular formula is C22H30BrN3O5. The summed E-state index contributed by atoms with van der Waals surface area (Å²) in [6.07, 6.45) is 1.06. The summed E-state index contributed by atoms with van der Waals surface area (Å²) in [6, 6.07) is 4.00. The lowest BCUT2D eigenvalue weighted by Crippen LogP contribution is -2.43. The summed E-state index contributed by atoms with van der Waals surface area (Å²) in [7, 11) is 0. The quantitative estimate of drug-likeness (QED) is 0.605. The number of alkyl carbamates (subject to hydrolysis) is 1. The molecule has 1 amide bonds. The lowest BCUT2D eigenvalue weighted by Gasteiger charge is -2.31. The first-order valence-corrected chi connectivity index (χ1v) is 11.1. The van der Waals surface area contributed by atoms with Crippen molar-refractivity contribution in [2.45, 2.75) is 59.0 Å². The lowest BCUT2D eigenvalue weighted by molar-refractivity contribution is 0.0464. The molecule has 1 aliphatic rings. The fraction of sp³-hybridized carbons (Fsp3) is 0.545. The number of amides is 1. The van der Waals surface area contributed by atoms with Crippen LogP contribution in [0.5, 0.6) is 5.75 Å². The van der Waals surface area contributed by atoms with Crippen molar-refractivity contribution in [3.63, 3.8) is 0 Å². The second-order valence-electron chi connectivity index (χ2n) is 8.69. The van der Waals surface area contributed by atoms with Crippen LogP contribution in [0.25, 0.3) is 0 Å². The van der Waals surface area contributed by atoms with Crippen LogP contribution in [-0.2, 0) is 24.3 Å². The molecule has 1 aromatic carbocycles. The maximum absolute atomic E-state index is 11.8. The summed E-state index contributed by atoms with van der Waals surface area (Å²) >= 11 is 3.68. The van der Waals surface area contributed by atoms with E-state index in [-0.39, 0.29) is 6.54 Å². The summed E-state index contributed by atoms with van der Waals surface area (Å²) in [4.78, 5) is 18.0. The highest BCUT2D eigenvalue weighted by atomic mass is 79.9. The van der Waals surface area contributed by atoms with Gasteiger partial charge in [-0.15, -0.1) is 0 Å². The van der Waals surface area contributed by atoms with Crippen LogP contribution in [0.15, 0.2) is 27.4 Å². The van der Waals surface area contributed by atoms with Gasteiger partial charge >= 0.3 is 6.09 Å². The SMILES string of the molecule is Cc1ncoc1COc1ccc2c(c1Br)CCN(CC(O)CNC(=O)OC(C)(C)C)C2. The molecule has 0 radical (unpaired) electrons. The van der Waals surface area contributed by atoms with Crippen LogP contribution in [-0.4, -0.2) is 52.4 Å². The van der Waals surface area contributed by atoms with Gasteiger partial charge in [0, 0.05) is 26.2 Å². The second-order valence-corrected chi connectivity index (χ2v) is 9.48. The van der Waals surface area contributed by atoms with Gasteiger partial charge in [-0.05, 0) is 67.2 Å². The van der Waals surface area contributed by atoms with E-state index in [1.807, 2.05) is 13.0 Å². The van der Waals surface area contributed by atoms with Gasteiger partial charge in [0.2, 0.25) is 0 Å². The molecule has 0 saturated heterocycles. The van der Waals surface area contributed by atoms with Gasteiger partial charge in [-0.25, -0.2) is 9.78 Å². The fourth-order valence-electron chi connectivity index (χ4n) is 3.40. The Morgan fingerprint density at radius 3 is 2.87 bits per heavy atom. The van der Waals surface area contributed by atoms with Crippen LogP contribution in [0.2, 0.25) is 0 Å². The monoisotopic (exact) mass is 495 g/mol. The molecule has 0 bridgehead atoms. The summed E-state index contributed by atoms with van der Waals surface area (Å²) in [5.74, 6) is 1.48. The molecule has 1 aliphatic heterocycles. The Labute approximate surface area is 191 Å². The van der Waals surface area contributed by atoms with E-state index in [4.69, 9.17) is 13.9 Å². The van der Waals surface area contributed by atoms with E-state index >= 15 is 0 Å². The Balaban J connectivity index is 1.52. The number of carbonyl (C=O) groups is 1. The van der Waals surface area contributed by atoms with Crippen LogP contribution < -0.4 is 10.1 Å². The van der Waals surface area contributed by atoms with Gasteiger partial charge in [-0.3, -0.25) is 4.90 Å². The minimum Gasteiger partial charge on any atom is -0.484 e. The minimum absolute atomic E-state index is 0.149. The van der Waals surface area contributed by atoms with E-state index in [0.29, 0.717) is 18.9 Å². The molecule has 170 valence electrons. The second kappa shape index (κ2) is 10.0. The number of nitrogens with zero attached hydrogens (tertiary/aromatic N) is 2. The van der Waals surface area contributed by atoms with Crippen molar-refractivity contribution in [1.29, 1.82) is 0 Å². The number of oxazole rings is 1. The van der Waals surface area contributed by atoms with Gasteiger partial charge in [-0.1, -0.05) is 6.07 Å². The number of hydrogen-bond donors (Lipinski definition) is 2. The zero-order chi connectivity index (χ0) is 22.6. The van der Waals surface area contributed by atoms with Crippen LogP contribution in [0.3, 0.4) is 0 Å². The Morgan fingerprint density at radius 2 is 2.19 bits per heavy atom. The van der Waals surface area contributed by atoms with E-state index in [2.05, 4.69) is 37.2 Å². The van der Waals surface area contributed by atoms with Crippen molar-refractivity contribution >= 4 is 22.0 Å². The number of β-amino-alcohol motifs (C(OH)–C–C–N with tert-alkyl or cyclic N) is 1. The standard InChI is InChI=1S/C22H30BrN3O5/c1-14-19(30-13-25-14)12-29-18-6-5-15-10-26(8-7-17(15)20(18)23)11-16(27)9-24-21(28)31-22(2,3)4/h5-6,13,16,27H,7-12H2,1-4H3,(H,24,28). The van der Waals surface area contributed by atoms with Gasteiger partial charge in [0.05, 0.1) is 16.3 Å². The molecule has 1 aromatic heterocycles. The third-order valence-corrected chi connectivity index (χ3v) is 5.80. The Kier molecular flexibility index (Phi) is 7.61. The molecular weight excluding hydrogens is 466 g/mol. The number of aliphatic hydroxyl groups is 1. The fourth-order valence-corrected chi connectivity index (χ4v) is 4.10. The van der Waals surface area contributed by atoms with Gasteiger partial charge in [0.15, 0.2) is 12.2 Å². The minimum atomic E-state index is -0.676. The van der Waals surface area contributed by atoms with Gasteiger partial charge in [0.1, 0.15) is 18.0 Å². The average molecular weight is 496 g/mol. The number of aryl methyl sites for hydroxylation is 1. The summed E-state index contributed by atoms with van der Waals surface area (Å²) in [5.41, 5.74) is 2.66. The van der Waals surface area contributed by atoms with Crippen LogP contribution >= 0.6 is 15.9 Å². The molecule has 0 fully saturated rings. The van der Waals surface area contributed by atoms with E-state index in [0.717, 1.165) is 35.4 Å². The van der Waals surface area contributed by atoms with Gasteiger partial charge < -0.3 is 24.3 Å². The zero-order valence-corrected chi connectivity index (χ0v) is 20.0. The normalized spacial score (nSPS) is 15.3. The number of carbonyl (C=O) groups excluding carboxylic acids is 1. The number of hydrogen-bond acceptors (Lipinski definition) is 7. The summed E-state index contributed by atoms with van der Waals surface area (Å²) in [6.45, 7) is 9.76. The third-order valence-electron chi connectivity index (χ3n) is 4.93. The molecule has 9 heteroatoms. The zero-order valence-electron chi connectivity index (χ0n) is 18.4. The van der Waals surface area contributed by atoms with E-state index < -0.39 is 17.8 Å². The molecule has 1 unspecified atom stereocenters. The number of aromatic nitrogens is 1. The molecule has 3 rings (SSSR count). The number of ether oxygens (including phenoxy) is 2. The summed E-state index contributed by atoms with van der Waals surface area (Å²) < 4.78 is 17.4. The first-order chi connectivity index (χ1) is 14.6. The maximum Gasteiger partial charge on any atom is 0.407 e. The molecule has 1 atom stereocenters. The third kappa shape index (κ3) is 6.69. The molecule has 0 saturated carbocycles. The Morgan fingerprint density at radius 1 is 1.42 bits per heavy atom. The van der Waals surface area contributed by atoms with Crippen LogP contribution in [0, 0.1) is 6.92 Å². The predicted octanol–water partition coefficient (Wildman–Crippen LogP) is 3.57. The number of fused-ring (bicyclic) bond motifs is 1. The van der Waals surface area contributed by atoms with E-state index in [1.54, 1.807) is 20.8 Å². The summed E-state index contributed by atoms with van der Waals surface area (Å²) in [5, 5.41) is 12.9. The molecule has 2 aromatic rings. The van der Waals surface area contributed by atoms with Crippen molar-refractivity contribution in [2.24, 2.45) is 0 Å². The number of halogens is 1. The van der Waals surface area contributed by atoms with E-state index in [1.165, 1.54) is 17.5 Å². The Bertz CT molecular complexity index is 909. The van der Waals surface area contributed by atoms with Crippen molar-refractivity contribution in [2.75, 3.05) is 19.6 Å². The molecule has 0 spiro atoms. The average Bonchev–Trinajstić information content (AvgIpc) is 3.09. The number of benzene rings is 1. The predicted molar refractivity (Wildman–Crippen MR) is 119 cm³/mol. The number of aliphatic hydroxyl groups excluding tert-OH is 1. The van der Waals surface area contributed by atoms with Crippen LogP contribution in [0.4, 0.5) is 4.79 Å². The van der Waals surface area contributed by atoms with E-state index in [9.17, 15) is 9.90 Å². The molecule has 2 heterocycles. The topological polar surface area (TPSA) is 97.1 Å². The number of rotatable bonds is 7. The van der Waals surface area contributed by atoms with Gasteiger partial charge in [-0.2, -0.15) is 0 Å². The van der Waals surface area contributed by atoms with Crippen molar-refractivity contribution in [3.8, 4) is 5.75 Å². The first kappa shape index (κ1) is 23.6. The first-order valence-electron chi connectivity index (χ1n) is 10.3. The highest BCUT2D eigenvalue weighted by molar-refractivity contribution is 9.10. The van der Waals surface area contributed by atoms with Crippen molar-refractivity contribution in [1.82, 2.24) is 15.2 Å². The molecule has 2 N–H and O–H groups in total. The molecule has 31 heavy (non-hydrogen) atoms. The largest absolute Gasteiger partial charge is 0.484 e. The van der Waals surface area contributed by atoms with Crippen molar-refractivity contribution < 1.29 is 23.8 Å². The highest BCUT2D eigenvalue weighted by Gasteiger charge is 2.23. The lowest BCUT2D eigenvalue weighted by atomic mass is 9.99. The van der Waals surface area contributed by atoms with Crippen molar-refractivity contribution in [3.05, 3.63) is 45.6 Å². The molecule has 0 aliphatic carbocycles.